The van der Waals surface area contributed by atoms with E-state index in [0.29, 0.717) is 44.1 Å². The van der Waals surface area contributed by atoms with Crippen LogP contribution in [0, 0.1) is 0 Å². The van der Waals surface area contributed by atoms with E-state index >= 15 is 0 Å². The van der Waals surface area contributed by atoms with Gasteiger partial charge in [0.1, 0.15) is 0 Å². The molecule has 33 heavy (non-hydrogen) atoms. The summed E-state index contributed by atoms with van der Waals surface area (Å²) in [6, 6.07) is 17.2. The first-order valence-corrected chi connectivity index (χ1v) is 10.7. The van der Waals surface area contributed by atoms with Crippen molar-refractivity contribution < 1.29 is 9.53 Å². The summed E-state index contributed by atoms with van der Waals surface area (Å²) in [6.45, 7) is 6.02. The van der Waals surface area contributed by atoms with E-state index in [2.05, 4.69) is 41.0 Å². The lowest BCUT2D eigenvalue weighted by Crippen LogP contribution is -2.37. The molecule has 2 heterocycles. The number of nitrogens with zero attached hydrogens (tertiary/aromatic N) is 5. The Morgan fingerprint density at radius 3 is 2.30 bits per heavy atom. The molecule has 1 aromatic heterocycles. The van der Waals surface area contributed by atoms with Crippen molar-refractivity contribution in [3.63, 3.8) is 0 Å². The molecule has 3 aromatic rings. The summed E-state index contributed by atoms with van der Waals surface area (Å²) in [7, 11) is 0. The number of aromatic nitrogens is 3. The summed E-state index contributed by atoms with van der Waals surface area (Å²) in [5, 5.41) is 10.4. The highest BCUT2D eigenvalue weighted by Gasteiger charge is 2.17. The number of nitrogens with one attached hydrogen (secondary N) is 3. The Morgan fingerprint density at radius 2 is 1.61 bits per heavy atom. The highest BCUT2D eigenvalue weighted by molar-refractivity contribution is 5.99. The third kappa shape index (κ3) is 6.23. The predicted octanol–water partition coefficient (Wildman–Crippen LogP) is 3.25. The molecule has 3 N–H and O–H groups in total. The van der Waals surface area contributed by atoms with Crippen LogP contribution in [0.5, 0.6) is 0 Å². The molecule has 0 unspecified atom stereocenters. The van der Waals surface area contributed by atoms with Crippen LogP contribution in [0.2, 0.25) is 0 Å². The van der Waals surface area contributed by atoms with Crippen LogP contribution in [0.25, 0.3) is 0 Å². The molecule has 0 atom stereocenters. The van der Waals surface area contributed by atoms with Gasteiger partial charge in [0.2, 0.25) is 23.8 Å². The second-order valence-electron chi connectivity index (χ2n) is 7.44. The molecular formula is C23H26N8O2. The zero-order chi connectivity index (χ0) is 23.0. The van der Waals surface area contributed by atoms with Crippen molar-refractivity contribution in [1.82, 2.24) is 15.0 Å². The van der Waals surface area contributed by atoms with Crippen molar-refractivity contribution in [1.29, 1.82) is 0 Å². The number of carbonyl (C=O) groups excluding carboxylic acids is 1. The third-order valence-corrected chi connectivity index (χ3v) is 4.89. The van der Waals surface area contributed by atoms with Gasteiger partial charge in [0.05, 0.1) is 18.9 Å². The number of ether oxygens (including phenoxy) is 1. The van der Waals surface area contributed by atoms with Crippen LogP contribution in [-0.4, -0.2) is 52.9 Å². The quantitative estimate of drug-likeness (QED) is 0.374. The zero-order valence-corrected chi connectivity index (χ0v) is 18.6. The molecule has 1 aliphatic heterocycles. The Balaban J connectivity index is 1.54. The molecule has 10 nitrogen and oxygen atoms in total. The van der Waals surface area contributed by atoms with Gasteiger partial charge in [-0.2, -0.15) is 20.1 Å². The Bertz CT molecular complexity index is 1110. The Labute approximate surface area is 192 Å². The summed E-state index contributed by atoms with van der Waals surface area (Å²) in [4.78, 5) is 26.9. The molecule has 0 spiro atoms. The minimum absolute atomic E-state index is 0.111. The van der Waals surface area contributed by atoms with E-state index < -0.39 is 0 Å². The molecule has 2 aromatic carbocycles. The fourth-order valence-electron chi connectivity index (χ4n) is 3.22. The molecule has 0 radical (unpaired) electrons. The molecule has 0 aliphatic carbocycles. The fraction of sp³-hybridized carbons (Fsp3) is 0.261. The van der Waals surface area contributed by atoms with Gasteiger partial charge in [0.15, 0.2) is 0 Å². The molecule has 0 bridgehead atoms. The molecule has 0 saturated carbocycles. The van der Waals surface area contributed by atoms with Gasteiger partial charge < -0.3 is 20.3 Å². The summed E-state index contributed by atoms with van der Waals surface area (Å²) in [5.41, 5.74) is 6.21. The number of anilines is 5. The molecule has 1 aliphatic rings. The lowest BCUT2D eigenvalue weighted by atomic mass is 10.1. The summed E-state index contributed by atoms with van der Waals surface area (Å²) in [5.74, 6) is 1.20. The number of benzene rings is 2. The van der Waals surface area contributed by atoms with Gasteiger partial charge in [-0.3, -0.25) is 4.79 Å². The maximum Gasteiger partial charge on any atom is 0.250 e. The largest absolute Gasteiger partial charge is 0.378 e. The SMILES string of the molecule is CC(=O)Nc1ccc(/C(C)=N\Nc2nc(Nc3ccccc3)nc(N3CCOCC3)n2)cc1. The standard InChI is InChI=1S/C23H26N8O2/c1-16(18-8-10-20(11-9-18)24-17(2)32)29-30-22-26-21(25-19-6-4-3-5-7-19)27-23(28-22)31-12-14-33-15-13-31/h3-11H,12-15H2,1-2H3,(H,24,32)(H2,25,26,27,28,30)/b29-16-. The van der Waals surface area contributed by atoms with Crippen molar-refractivity contribution in [2.45, 2.75) is 13.8 Å². The number of hydrazone groups is 1. The maximum atomic E-state index is 11.2. The van der Waals surface area contributed by atoms with E-state index in [9.17, 15) is 4.79 Å². The summed E-state index contributed by atoms with van der Waals surface area (Å²) < 4.78 is 5.45. The molecular weight excluding hydrogens is 420 g/mol. The monoisotopic (exact) mass is 446 g/mol. The summed E-state index contributed by atoms with van der Waals surface area (Å²) in [6.07, 6.45) is 0. The number of carbonyl (C=O) groups is 1. The first-order valence-electron chi connectivity index (χ1n) is 10.7. The zero-order valence-electron chi connectivity index (χ0n) is 18.6. The van der Waals surface area contributed by atoms with Gasteiger partial charge in [-0.05, 0) is 36.8 Å². The molecule has 1 fully saturated rings. The second kappa shape index (κ2) is 10.5. The number of hydrogen-bond donors (Lipinski definition) is 3. The smallest absolute Gasteiger partial charge is 0.250 e. The number of hydrogen-bond acceptors (Lipinski definition) is 9. The van der Waals surface area contributed by atoms with E-state index in [4.69, 9.17) is 4.74 Å². The van der Waals surface area contributed by atoms with Crippen LogP contribution in [0.4, 0.5) is 29.2 Å². The topological polar surface area (TPSA) is 117 Å². The van der Waals surface area contributed by atoms with Crippen molar-refractivity contribution in [2.24, 2.45) is 5.10 Å². The minimum Gasteiger partial charge on any atom is -0.378 e. The van der Waals surface area contributed by atoms with Crippen molar-refractivity contribution in [3.05, 3.63) is 60.2 Å². The van der Waals surface area contributed by atoms with Gasteiger partial charge in [-0.15, -0.1) is 0 Å². The molecule has 170 valence electrons. The number of morpholine rings is 1. The van der Waals surface area contributed by atoms with Crippen LogP contribution < -0.4 is 21.0 Å². The average Bonchev–Trinajstić information content (AvgIpc) is 2.84. The van der Waals surface area contributed by atoms with Crippen LogP contribution in [0.3, 0.4) is 0 Å². The molecule has 1 amide bonds. The van der Waals surface area contributed by atoms with Crippen molar-refractivity contribution in [3.8, 4) is 0 Å². The number of amides is 1. The van der Waals surface area contributed by atoms with Crippen LogP contribution in [0.15, 0.2) is 59.7 Å². The number of para-hydroxylation sites is 1. The number of rotatable bonds is 7. The molecule has 1 saturated heterocycles. The fourth-order valence-corrected chi connectivity index (χ4v) is 3.22. The van der Waals surface area contributed by atoms with Gasteiger partial charge >= 0.3 is 0 Å². The highest BCUT2D eigenvalue weighted by atomic mass is 16.5. The summed E-state index contributed by atoms with van der Waals surface area (Å²) >= 11 is 0. The van der Waals surface area contributed by atoms with E-state index in [1.54, 1.807) is 0 Å². The van der Waals surface area contributed by atoms with Crippen LogP contribution in [-0.2, 0) is 9.53 Å². The lowest BCUT2D eigenvalue weighted by molar-refractivity contribution is -0.114. The van der Waals surface area contributed by atoms with E-state index in [1.807, 2.05) is 61.5 Å². The highest BCUT2D eigenvalue weighted by Crippen LogP contribution is 2.19. The predicted molar refractivity (Wildman–Crippen MR) is 129 cm³/mol. The van der Waals surface area contributed by atoms with Gasteiger partial charge in [0.25, 0.3) is 0 Å². The molecule has 4 rings (SSSR count). The van der Waals surface area contributed by atoms with E-state index in [1.165, 1.54) is 6.92 Å². The second-order valence-corrected chi connectivity index (χ2v) is 7.44. The molecule has 10 heteroatoms. The van der Waals surface area contributed by atoms with E-state index in [-0.39, 0.29) is 5.91 Å². The lowest BCUT2D eigenvalue weighted by Gasteiger charge is -2.27. The third-order valence-electron chi connectivity index (χ3n) is 4.89. The van der Waals surface area contributed by atoms with Crippen LogP contribution >= 0.6 is 0 Å². The van der Waals surface area contributed by atoms with Gasteiger partial charge in [0, 0.05) is 31.4 Å². The van der Waals surface area contributed by atoms with E-state index in [0.717, 1.165) is 22.6 Å². The average molecular weight is 447 g/mol. The van der Waals surface area contributed by atoms with Crippen molar-refractivity contribution >= 4 is 40.8 Å². The Kier molecular flexibility index (Phi) is 7.06. The first kappa shape index (κ1) is 22.2. The Hall–Kier alpha value is -4.05. The minimum atomic E-state index is -0.111. The normalized spacial score (nSPS) is 14.0. The van der Waals surface area contributed by atoms with Gasteiger partial charge in [-0.25, -0.2) is 5.43 Å². The van der Waals surface area contributed by atoms with Crippen LogP contribution in [0.1, 0.15) is 19.4 Å². The first-order chi connectivity index (χ1) is 16.1. The van der Waals surface area contributed by atoms with Crippen molar-refractivity contribution in [2.75, 3.05) is 47.3 Å². The Morgan fingerprint density at radius 1 is 0.909 bits per heavy atom. The van der Waals surface area contributed by atoms with Gasteiger partial charge in [-0.1, -0.05) is 30.3 Å². The maximum absolute atomic E-state index is 11.2.